The second kappa shape index (κ2) is 30.2. The molecular weight excluding hydrogens is 845 g/mol. The van der Waals surface area contributed by atoms with E-state index in [-0.39, 0.29) is 92.1 Å². The van der Waals surface area contributed by atoms with E-state index in [1.807, 2.05) is 25.1 Å². The number of rotatable bonds is 25. The van der Waals surface area contributed by atoms with E-state index in [2.05, 4.69) is 27.3 Å². The molecule has 2 aromatic rings. The Bertz CT molecular complexity index is 1870. The zero-order valence-corrected chi connectivity index (χ0v) is 41.0. The number of carbonyl (C=O) groups is 4. The standard InChI is InChI=1S/C42H55N5O12S.2Na/c1-28-25-30(11-12-36(28)45-46-38-35(26-43)29(2)37(27-44)60-38)47(14-16-55-21-23-58-41(52)33-9-5-3-7-31(33)39(48)49)13-15-54-17-18-56-19-20-57-22-24-59-42(53)34-10-6-4-8-32(34)40(50)51;;/h11-12,25,31-34H,3-10,13-24H2,1-2H3,(H,48,49)(H,50,51);;/q;2*+1/p-2. The number of anilines is 1. The van der Waals surface area contributed by atoms with Gasteiger partial charge in [-0.3, -0.25) is 9.59 Å². The zero-order valence-electron chi connectivity index (χ0n) is 36.2. The van der Waals surface area contributed by atoms with Gasteiger partial charge in [0.1, 0.15) is 30.2 Å². The van der Waals surface area contributed by atoms with Gasteiger partial charge in [-0.25, -0.2) is 0 Å². The summed E-state index contributed by atoms with van der Waals surface area (Å²) >= 11 is 1.12. The first-order chi connectivity index (χ1) is 29.0. The van der Waals surface area contributed by atoms with E-state index in [9.17, 15) is 39.9 Å². The first-order valence-electron chi connectivity index (χ1n) is 20.3. The topological polar surface area (TPSA) is 245 Å². The SMILES string of the molecule is Cc1cc(N(CCOCCOCCOCCOC(=O)C2CCCCC2C(=O)[O-])CCOCCOC(=O)C2CCCCC2C(=O)[O-])ccc1N=Nc1sc(C#N)c(C)c1C#N.[Na+].[Na+]. The number of nitriles is 2. The van der Waals surface area contributed by atoms with Crippen molar-refractivity contribution in [2.45, 2.75) is 65.2 Å². The number of azo groups is 1. The molecule has 62 heavy (non-hydrogen) atoms. The van der Waals surface area contributed by atoms with Crippen molar-refractivity contribution in [3.63, 3.8) is 0 Å². The smallest absolute Gasteiger partial charge is 0.550 e. The van der Waals surface area contributed by atoms with Crippen molar-refractivity contribution in [3.8, 4) is 12.1 Å². The Morgan fingerprint density at radius 3 is 1.56 bits per heavy atom. The molecule has 1 aromatic carbocycles. The first kappa shape index (κ1) is 55.2. The molecule has 326 valence electrons. The van der Waals surface area contributed by atoms with Crippen LogP contribution in [-0.4, -0.2) is 103 Å². The number of benzene rings is 1. The van der Waals surface area contributed by atoms with Crippen LogP contribution in [-0.2, 0) is 47.6 Å². The third-order valence-corrected chi connectivity index (χ3v) is 11.7. The van der Waals surface area contributed by atoms with Gasteiger partial charge in [0, 0.05) is 42.6 Å². The molecule has 4 rings (SSSR count). The average molecular weight is 898 g/mol. The third kappa shape index (κ3) is 17.5. The fraction of sp³-hybridized carbons (Fsp3) is 0.619. The van der Waals surface area contributed by atoms with Gasteiger partial charge >= 0.3 is 71.1 Å². The van der Waals surface area contributed by atoms with E-state index in [0.717, 1.165) is 48.3 Å². The van der Waals surface area contributed by atoms with Crippen molar-refractivity contribution in [3.05, 3.63) is 39.8 Å². The van der Waals surface area contributed by atoms with Crippen LogP contribution in [0, 0.1) is 60.2 Å². The van der Waals surface area contributed by atoms with Crippen LogP contribution in [0.25, 0.3) is 0 Å². The van der Waals surface area contributed by atoms with Gasteiger partial charge in [-0.2, -0.15) is 10.5 Å². The second-order valence-corrected chi connectivity index (χ2v) is 15.5. The van der Waals surface area contributed by atoms with Crippen LogP contribution < -0.4 is 74.2 Å². The third-order valence-electron chi connectivity index (χ3n) is 10.6. The summed E-state index contributed by atoms with van der Waals surface area (Å²) in [7, 11) is 0. The van der Waals surface area contributed by atoms with Crippen LogP contribution in [0.15, 0.2) is 28.4 Å². The number of aliphatic carboxylic acids is 2. The number of nitrogens with zero attached hydrogens (tertiary/aromatic N) is 5. The minimum absolute atomic E-state index is 0. The monoisotopic (exact) mass is 897 g/mol. The summed E-state index contributed by atoms with van der Waals surface area (Å²) in [5.74, 6) is -6.50. The van der Waals surface area contributed by atoms with Crippen LogP contribution in [0.2, 0.25) is 0 Å². The molecule has 0 spiro atoms. The molecule has 2 aliphatic rings. The molecule has 2 fully saturated rings. The van der Waals surface area contributed by atoms with Gasteiger partial charge in [0.2, 0.25) is 0 Å². The molecule has 1 aromatic heterocycles. The fourth-order valence-electron chi connectivity index (χ4n) is 7.22. The van der Waals surface area contributed by atoms with Crippen molar-refractivity contribution in [1.82, 2.24) is 0 Å². The molecule has 0 radical (unpaired) electrons. The van der Waals surface area contributed by atoms with Gasteiger partial charge < -0.3 is 53.1 Å². The van der Waals surface area contributed by atoms with Crippen molar-refractivity contribution < 1.29 is 117 Å². The Hall–Kier alpha value is -2.98. The summed E-state index contributed by atoms with van der Waals surface area (Å²) < 4.78 is 33.3. The molecule has 0 saturated heterocycles. The molecule has 20 heteroatoms. The molecule has 1 heterocycles. The number of carboxylic acid groups (broad SMARTS) is 2. The molecule has 0 N–H and O–H groups in total. The van der Waals surface area contributed by atoms with Gasteiger partial charge in [0.25, 0.3) is 0 Å². The molecule has 2 saturated carbocycles. The normalized spacial score (nSPS) is 18.4. The molecule has 4 unspecified atom stereocenters. The zero-order chi connectivity index (χ0) is 43.3. The molecule has 17 nitrogen and oxygen atoms in total. The Balaban J connectivity index is 0.00000661. The Kier molecular flexibility index (Phi) is 26.9. The molecule has 0 bridgehead atoms. The van der Waals surface area contributed by atoms with E-state index in [0.29, 0.717) is 98.5 Å². The quantitative estimate of drug-likeness (QED) is 0.0437. The summed E-state index contributed by atoms with van der Waals surface area (Å²) in [6.07, 6.45) is 4.83. The predicted octanol–water partition coefficient (Wildman–Crippen LogP) is -2.40. The minimum atomic E-state index is -1.22. The van der Waals surface area contributed by atoms with Crippen LogP contribution >= 0.6 is 11.3 Å². The Morgan fingerprint density at radius 1 is 0.677 bits per heavy atom. The van der Waals surface area contributed by atoms with Gasteiger partial charge in [0.15, 0.2) is 5.00 Å². The Morgan fingerprint density at radius 2 is 1.13 bits per heavy atom. The molecule has 0 amide bonds. The van der Waals surface area contributed by atoms with E-state index in [1.54, 1.807) is 6.92 Å². The van der Waals surface area contributed by atoms with Crippen molar-refractivity contribution >= 4 is 51.6 Å². The number of aryl methyl sites for hydroxylation is 1. The maximum atomic E-state index is 12.6. The minimum Gasteiger partial charge on any atom is -0.550 e. The van der Waals surface area contributed by atoms with Crippen molar-refractivity contribution in [1.29, 1.82) is 10.5 Å². The van der Waals surface area contributed by atoms with Crippen LogP contribution in [0.3, 0.4) is 0 Å². The van der Waals surface area contributed by atoms with Gasteiger partial charge in [0.05, 0.1) is 75.9 Å². The number of carboxylic acids is 2. The second-order valence-electron chi connectivity index (χ2n) is 14.5. The number of ether oxygens (including phenoxy) is 6. The summed E-state index contributed by atoms with van der Waals surface area (Å²) in [5, 5.41) is 50.8. The van der Waals surface area contributed by atoms with E-state index in [1.165, 1.54) is 0 Å². The summed E-state index contributed by atoms with van der Waals surface area (Å²) in [5.41, 5.74) is 3.19. The first-order valence-corrected chi connectivity index (χ1v) is 21.1. The number of hydrogen-bond acceptors (Lipinski definition) is 18. The largest absolute Gasteiger partial charge is 1.00 e. The van der Waals surface area contributed by atoms with Crippen molar-refractivity contribution in [2.75, 3.05) is 84.1 Å². The van der Waals surface area contributed by atoms with Crippen molar-refractivity contribution in [2.24, 2.45) is 33.9 Å². The van der Waals surface area contributed by atoms with E-state index in [4.69, 9.17) is 28.4 Å². The van der Waals surface area contributed by atoms with Crippen LogP contribution in [0.5, 0.6) is 0 Å². The number of carbonyl (C=O) groups excluding carboxylic acids is 4. The number of thiophene rings is 1. The number of esters is 2. The van der Waals surface area contributed by atoms with E-state index >= 15 is 0 Å². The molecule has 4 atom stereocenters. The average Bonchev–Trinajstić information content (AvgIpc) is 3.57. The Labute approximate surface area is 411 Å². The summed E-state index contributed by atoms with van der Waals surface area (Å²) in [4.78, 5) is 50.2. The van der Waals surface area contributed by atoms with E-state index < -0.39 is 47.5 Å². The predicted molar refractivity (Wildman–Crippen MR) is 212 cm³/mol. The van der Waals surface area contributed by atoms with Gasteiger partial charge in [-0.1, -0.05) is 25.7 Å². The summed E-state index contributed by atoms with van der Waals surface area (Å²) in [6, 6.07) is 9.83. The molecular formula is C42H53N5Na2O12S. The van der Waals surface area contributed by atoms with Gasteiger partial charge in [-0.15, -0.1) is 21.6 Å². The molecule has 0 aliphatic heterocycles. The van der Waals surface area contributed by atoms with Crippen LogP contribution in [0.1, 0.15) is 72.9 Å². The van der Waals surface area contributed by atoms with Crippen LogP contribution in [0.4, 0.5) is 16.4 Å². The molecule has 2 aliphatic carbocycles. The maximum Gasteiger partial charge on any atom is 1.00 e. The maximum absolute atomic E-state index is 12.6. The van der Waals surface area contributed by atoms with Gasteiger partial charge in [-0.05, 0) is 68.9 Å². The fourth-order valence-corrected chi connectivity index (χ4v) is 8.10. The number of hydrogen-bond donors (Lipinski definition) is 0. The summed E-state index contributed by atoms with van der Waals surface area (Å²) in [6.45, 7) is 6.75.